The van der Waals surface area contributed by atoms with Crippen molar-refractivity contribution in [1.29, 1.82) is 0 Å². The highest BCUT2D eigenvalue weighted by Gasteiger charge is 2.18. The fourth-order valence-electron chi connectivity index (χ4n) is 2.67. The van der Waals surface area contributed by atoms with Gasteiger partial charge in [0.2, 0.25) is 0 Å². The molecule has 118 valence electrons. The highest BCUT2D eigenvalue weighted by atomic mass is 19.1. The van der Waals surface area contributed by atoms with Crippen molar-refractivity contribution >= 4 is 0 Å². The van der Waals surface area contributed by atoms with E-state index in [1.165, 1.54) is 12.1 Å². The van der Waals surface area contributed by atoms with E-state index in [0.717, 1.165) is 22.4 Å². The number of rotatable bonds is 6. The summed E-state index contributed by atoms with van der Waals surface area (Å²) in [5.74, 6) is 1.23. The van der Waals surface area contributed by atoms with Crippen molar-refractivity contribution in [2.24, 2.45) is 5.73 Å². The molecule has 2 aromatic rings. The zero-order valence-corrected chi connectivity index (χ0v) is 13.2. The molecule has 0 spiro atoms. The number of methoxy groups -OCH3 is 2. The van der Waals surface area contributed by atoms with Crippen molar-refractivity contribution in [2.45, 2.75) is 19.3 Å². The van der Waals surface area contributed by atoms with Crippen LogP contribution in [0.25, 0.3) is 0 Å². The number of nitrogens with two attached hydrogens (primary N) is 1. The van der Waals surface area contributed by atoms with E-state index in [9.17, 15) is 4.39 Å². The van der Waals surface area contributed by atoms with Gasteiger partial charge in [0.15, 0.2) is 0 Å². The minimum absolute atomic E-state index is 0.0329. The van der Waals surface area contributed by atoms with Gasteiger partial charge in [-0.1, -0.05) is 17.7 Å². The Morgan fingerprint density at radius 2 is 1.73 bits per heavy atom. The van der Waals surface area contributed by atoms with E-state index in [0.29, 0.717) is 18.7 Å². The molecule has 0 heterocycles. The van der Waals surface area contributed by atoms with Crippen LogP contribution in [0.1, 0.15) is 22.6 Å². The molecule has 2 aromatic carbocycles. The third kappa shape index (κ3) is 3.57. The molecule has 2 N–H and O–H groups in total. The molecule has 1 atom stereocenters. The summed E-state index contributed by atoms with van der Waals surface area (Å²) in [7, 11) is 3.23. The molecule has 0 amide bonds. The minimum atomic E-state index is -0.275. The Labute approximate surface area is 130 Å². The molecule has 0 aromatic heterocycles. The third-order valence-corrected chi connectivity index (χ3v) is 3.82. The van der Waals surface area contributed by atoms with Crippen molar-refractivity contribution < 1.29 is 13.9 Å². The second-order valence-electron chi connectivity index (χ2n) is 5.34. The Kier molecular flexibility index (Phi) is 5.39. The molecule has 0 radical (unpaired) electrons. The monoisotopic (exact) mass is 303 g/mol. The molecule has 4 heteroatoms. The normalized spacial score (nSPS) is 12.0. The van der Waals surface area contributed by atoms with Crippen LogP contribution in [0.15, 0.2) is 36.4 Å². The lowest BCUT2D eigenvalue weighted by Crippen LogP contribution is -2.16. The molecule has 0 aliphatic heterocycles. The average Bonchev–Trinajstić information content (AvgIpc) is 2.52. The van der Waals surface area contributed by atoms with Crippen LogP contribution in [0, 0.1) is 12.7 Å². The Morgan fingerprint density at radius 1 is 1.05 bits per heavy atom. The number of halogens is 1. The van der Waals surface area contributed by atoms with Crippen molar-refractivity contribution in [3.8, 4) is 11.5 Å². The van der Waals surface area contributed by atoms with Crippen molar-refractivity contribution in [3.05, 3.63) is 58.9 Å². The Morgan fingerprint density at radius 3 is 2.36 bits per heavy atom. The van der Waals surface area contributed by atoms with Gasteiger partial charge in [-0.05, 0) is 55.3 Å². The average molecular weight is 303 g/mol. The Balaban J connectivity index is 2.38. The highest BCUT2D eigenvalue weighted by molar-refractivity contribution is 5.42. The fraction of sp³-hybridized carbons (Fsp3) is 0.333. The van der Waals surface area contributed by atoms with Crippen molar-refractivity contribution in [2.75, 3.05) is 20.8 Å². The van der Waals surface area contributed by atoms with Crippen LogP contribution in [-0.4, -0.2) is 20.8 Å². The molecule has 0 saturated carbocycles. The van der Waals surface area contributed by atoms with Gasteiger partial charge in [0, 0.05) is 5.92 Å². The molecular weight excluding hydrogens is 281 g/mol. The predicted molar refractivity (Wildman–Crippen MR) is 86.2 cm³/mol. The fourth-order valence-corrected chi connectivity index (χ4v) is 2.67. The zero-order chi connectivity index (χ0) is 16.1. The van der Waals surface area contributed by atoms with Gasteiger partial charge in [0.25, 0.3) is 0 Å². The van der Waals surface area contributed by atoms with Gasteiger partial charge in [-0.2, -0.15) is 0 Å². The second kappa shape index (κ2) is 7.27. The molecule has 22 heavy (non-hydrogen) atoms. The smallest absolute Gasteiger partial charge is 0.123 e. The van der Waals surface area contributed by atoms with Crippen LogP contribution in [0.4, 0.5) is 4.39 Å². The van der Waals surface area contributed by atoms with E-state index in [-0.39, 0.29) is 11.7 Å². The molecule has 0 fully saturated rings. The number of ether oxygens (including phenoxy) is 2. The number of benzene rings is 2. The van der Waals surface area contributed by atoms with Gasteiger partial charge in [0.05, 0.1) is 14.2 Å². The first kappa shape index (κ1) is 16.3. The van der Waals surface area contributed by atoms with E-state index < -0.39 is 0 Å². The molecule has 3 nitrogen and oxygen atoms in total. The van der Waals surface area contributed by atoms with Crippen molar-refractivity contribution in [1.82, 2.24) is 0 Å². The van der Waals surface area contributed by atoms with Crippen LogP contribution in [0.2, 0.25) is 0 Å². The van der Waals surface area contributed by atoms with Crippen LogP contribution in [0.3, 0.4) is 0 Å². The topological polar surface area (TPSA) is 44.5 Å². The first-order valence-corrected chi connectivity index (χ1v) is 7.26. The Hall–Kier alpha value is -2.07. The Bertz CT molecular complexity index is 643. The largest absolute Gasteiger partial charge is 0.496 e. The standard InChI is InChI=1S/C18H22FNO2/c1-12-4-6-18(22-3)16(8-12)14(11-20)9-13-10-15(19)5-7-17(13)21-2/h4-8,10,14H,9,11,20H2,1-3H3. The first-order valence-electron chi connectivity index (χ1n) is 7.26. The van der Waals surface area contributed by atoms with Crippen LogP contribution in [0.5, 0.6) is 11.5 Å². The number of aryl methyl sites for hydroxylation is 1. The lowest BCUT2D eigenvalue weighted by Gasteiger charge is -2.20. The first-order chi connectivity index (χ1) is 10.6. The quantitative estimate of drug-likeness (QED) is 0.889. The molecule has 1 unspecified atom stereocenters. The van der Waals surface area contributed by atoms with Gasteiger partial charge < -0.3 is 15.2 Å². The molecule has 0 saturated heterocycles. The predicted octanol–water partition coefficient (Wildman–Crippen LogP) is 3.44. The SMILES string of the molecule is COc1ccc(F)cc1CC(CN)c1cc(C)ccc1OC. The molecular formula is C18H22FNO2. The van der Waals surface area contributed by atoms with Crippen LogP contribution in [-0.2, 0) is 6.42 Å². The summed E-state index contributed by atoms with van der Waals surface area (Å²) in [6.45, 7) is 2.47. The van der Waals surface area contributed by atoms with E-state index in [1.807, 2.05) is 19.1 Å². The zero-order valence-electron chi connectivity index (χ0n) is 13.2. The summed E-state index contributed by atoms with van der Waals surface area (Å²) in [6.07, 6.45) is 0.594. The molecule has 0 aliphatic carbocycles. The molecule has 2 rings (SSSR count). The van der Waals surface area contributed by atoms with Gasteiger partial charge in [-0.15, -0.1) is 0 Å². The highest BCUT2D eigenvalue weighted by Crippen LogP contribution is 2.32. The summed E-state index contributed by atoms with van der Waals surface area (Å²) in [6, 6.07) is 10.6. The number of hydrogen-bond acceptors (Lipinski definition) is 3. The summed E-state index contributed by atoms with van der Waals surface area (Å²) >= 11 is 0. The maximum absolute atomic E-state index is 13.5. The third-order valence-electron chi connectivity index (χ3n) is 3.82. The lowest BCUT2D eigenvalue weighted by atomic mass is 9.90. The van der Waals surface area contributed by atoms with E-state index in [1.54, 1.807) is 20.3 Å². The van der Waals surface area contributed by atoms with E-state index in [4.69, 9.17) is 15.2 Å². The van der Waals surface area contributed by atoms with Gasteiger partial charge >= 0.3 is 0 Å². The van der Waals surface area contributed by atoms with Gasteiger partial charge in [0.1, 0.15) is 17.3 Å². The summed E-state index contributed by atoms with van der Waals surface area (Å²) in [4.78, 5) is 0. The second-order valence-corrected chi connectivity index (χ2v) is 5.34. The minimum Gasteiger partial charge on any atom is -0.496 e. The number of hydrogen-bond donors (Lipinski definition) is 1. The summed E-state index contributed by atoms with van der Waals surface area (Å²) in [5.41, 5.74) is 8.95. The lowest BCUT2D eigenvalue weighted by molar-refractivity contribution is 0.399. The van der Waals surface area contributed by atoms with Crippen LogP contribution >= 0.6 is 0 Å². The van der Waals surface area contributed by atoms with Gasteiger partial charge in [-0.3, -0.25) is 0 Å². The summed E-state index contributed by atoms with van der Waals surface area (Å²) < 4.78 is 24.3. The molecule has 0 aliphatic rings. The van der Waals surface area contributed by atoms with E-state index >= 15 is 0 Å². The van der Waals surface area contributed by atoms with E-state index in [2.05, 4.69) is 6.07 Å². The van der Waals surface area contributed by atoms with Crippen LogP contribution < -0.4 is 15.2 Å². The maximum Gasteiger partial charge on any atom is 0.123 e. The summed E-state index contributed by atoms with van der Waals surface area (Å²) in [5, 5.41) is 0. The van der Waals surface area contributed by atoms with Crippen molar-refractivity contribution in [3.63, 3.8) is 0 Å². The maximum atomic E-state index is 13.5. The van der Waals surface area contributed by atoms with Gasteiger partial charge in [-0.25, -0.2) is 4.39 Å². The molecule has 0 bridgehead atoms.